The van der Waals surface area contributed by atoms with Crippen molar-refractivity contribution >= 4 is 50.2 Å². The van der Waals surface area contributed by atoms with E-state index in [4.69, 9.17) is 14.2 Å². The molecule has 2 aromatic heterocycles. The summed E-state index contributed by atoms with van der Waals surface area (Å²) in [6, 6.07) is 11.2. The van der Waals surface area contributed by atoms with Crippen molar-refractivity contribution in [2.45, 2.75) is 4.90 Å². The minimum Gasteiger partial charge on any atom is -0.493 e. The molecule has 4 aromatic rings. The lowest BCUT2D eigenvalue weighted by Crippen LogP contribution is -2.12. The van der Waals surface area contributed by atoms with Gasteiger partial charge in [0.05, 0.1) is 38.1 Å². The molecule has 0 atom stereocenters. The van der Waals surface area contributed by atoms with Crippen LogP contribution in [0.2, 0.25) is 0 Å². The number of ether oxygens (including phenoxy) is 3. The molecule has 4 rings (SSSR count). The van der Waals surface area contributed by atoms with Gasteiger partial charge in [0.1, 0.15) is 0 Å². The minimum absolute atomic E-state index is 0.0995. The molecular weight excluding hydrogens is 509 g/mol. The quantitative estimate of drug-likeness (QED) is 0.260. The van der Waals surface area contributed by atoms with Gasteiger partial charge < -0.3 is 24.8 Å². The Morgan fingerprint density at radius 3 is 2.28 bits per heavy atom. The van der Waals surface area contributed by atoms with Crippen molar-refractivity contribution in [1.29, 1.82) is 0 Å². The van der Waals surface area contributed by atoms with Crippen LogP contribution >= 0.6 is 11.3 Å². The van der Waals surface area contributed by atoms with Gasteiger partial charge in [-0.2, -0.15) is 16.3 Å². The van der Waals surface area contributed by atoms with Gasteiger partial charge in [0.15, 0.2) is 23.1 Å². The van der Waals surface area contributed by atoms with E-state index >= 15 is 0 Å². The normalized spacial score (nSPS) is 11.0. The second kappa shape index (κ2) is 10.7. The first-order valence-electron chi connectivity index (χ1n) is 10.3. The molecule has 0 saturated carbocycles. The number of rotatable bonds is 10. The van der Waals surface area contributed by atoms with Crippen molar-refractivity contribution in [3.05, 3.63) is 65.2 Å². The van der Waals surface area contributed by atoms with E-state index in [0.29, 0.717) is 34.3 Å². The van der Waals surface area contributed by atoms with Crippen LogP contribution in [-0.2, 0) is 10.0 Å². The second-order valence-corrected chi connectivity index (χ2v) is 9.66. The first kappa shape index (κ1) is 25.0. The van der Waals surface area contributed by atoms with Gasteiger partial charge in [0.2, 0.25) is 11.7 Å². The molecular formula is C23H22FN5O5S2. The lowest BCUT2D eigenvalue weighted by atomic mass is 10.2. The molecule has 2 heterocycles. The van der Waals surface area contributed by atoms with Crippen molar-refractivity contribution in [2.75, 3.05) is 36.7 Å². The molecule has 0 radical (unpaired) electrons. The van der Waals surface area contributed by atoms with Crippen LogP contribution in [0.3, 0.4) is 0 Å². The molecule has 0 saturated heterocycles. The molecule has 0 aliphatic rings. The lowest BCUT2D eigenvalue weighted by molar-refractivity contribution is 0.324. The number of thiophene rings is 1. The van der Waals surface area contributed by atoms with Crippen molar-refractivity contribution < 1.29 is 27.0 Å². The number of benzene rings is 2. The van der Waals surface area contributed by atoms with Gasteiger partial charge in [-0.3, -0.25) is 4.72 Å². The van der Waals surface area contributed by atoms with E-state index in [2.05, 4.69) is 25.3 Å². The molecule has 0 bridgehead atoms. The third-order valence-corrected chi connectivity index (χ3v) is 7.06. The van der Waals surface area contributed by atoms with Gasteiger partial charge in [0.25, 0.3) is 10.0 Å². The Bertz CT molecular complexity index is 1440. The maximum atomic E-state index is 14.5. The Balaban J connectivity index is 1.55. The zero-order valence-electron chi connectivity index (χ0n) is 19.4. The summed E-state index contributed by atoms with van der Waals surface area (Å²) in [7, 11) is 0.749. The molecule has 3 N–H and O–H groups in total. The van der Waals surface area contributed by atoms with E-state index in [0.717, 1.165) is 6.20 Å². The molecule has 2 aromatic carbocycles. The standard InChI is InChI=1S/C23H22FN5O5S2/c1-32-19-10-16(11-20(33-2)21(19)34-3)27-23-25-12-18(24)22(28-23)26-14-5-4-6-15(9-14)29-36(30,31)17-7-8-35-13-17/h4-13,29H,1-3H3,(H2,25,26,27,28). The number of hydrogen-bond donors (Lipinski definition) is 3. The van der Waals surface area contributed by atoms with E-state index in [1.165, 1.54) is 50.2 Å². The van der Waals surface area contributed by atoms with E-state index in [1.807, 2.05) is 0 Å². The lowest BCUT2D eigenvalue weighted by Gasteiger charge is -2.15. The number of hydrogen-bond acceptors (Lipinski definition) is 10. The molecule has 0 aliphatic carbocycles. The number of halogens is 1. The fourth-order valence-corrected chi connectivity index (χ4v) is 5.29. The van der Waals surface area contributed by atoms with Crippen molar-refractivity contribution in [1.82, 2.24) is 9.97 Å². The summed E-state index contributed by atoms with van der Waals surface area (Å²) in [6.45, 7) is 0. The van der Waals surface area contributed by atoms with Crippen LogP contribution in [0.1, 0.15) is 0 Å². The predicted molar refractivity (Wildman–Crippen MR) is 136 cm³/mol. The highest BCUT2D eigenvalue weighted by molar-refractivity contribution is 7.92. The van der Waals surface area contributed by atoms with Crippen LogP contribution in [0.4, 0.5) is 33.2 Å². The molecule has 0 fully saturated rings. The number of aromatic nitrogens is 2. The fraction of sp³-hybridized carbons (Fsp3) is 0.130. The monoisotopic (exact) mass is 531 g/mol. The Morgan fingerprint density at radius 1 is 0.917 bits per heavy atom. The van der Waals surface area contributed by atoms with E-state index < -0.39 is 15.8 Å². The zero-order chi connectivity index (χ0) is 25.7. The van der Waals surface area contributed by atoms with E-state index in [-0.39, 0.29) is 16.7 Å². The number of anilines is 5. The summed E-state index contributed by atoms with van der Waals surface area (Å²) in [5.41, 5.74) is 1.24. The molecule has 0 amide bonds. The highest BCUT2D eigenvalue weighted by atomic mass is 32.2. The molecule has 0 unspecified atom stereocenters. The first-order valence-corrected chi connectivity index (χ1v) is 12.8. The van der Waals surface area contributed by atoms with Crippen LogP contribution in [0.5, 0.6) is 17.2 Å². The number of nitrogens with one attached hydrogen (secondary N) is 3. The summed E-state index contributed by atoms with van der Waals surface area (Å²) in [4.78, 5) is 8.35. The van der Waals surface area contributed by atoms with Gasteiger partial charge in [-0.05, 0) is 29.6 Å². The van der Waals surface area contributed by atoms with E-state index in [9.17, 15) is 12.8 Å². The summed E-state index contributed by atoms with van der Waals surface area (Å²) in [5.74, 6) is 0.542. The Hall–Kier alpha value is -4.10. The third kappa shape index (κ3) is 5.58. The largest absolute Gasteiger partial charge is 0.493 e. The number of methoxy groups -OCH3 is 3. The van der Waals surface area contributed by atoms with Crippen LogP contribution in [0, 0.1) is 5.82 Å². The van der Waals surface area contributed by atoms with Crippen LogP contribution in [-0.4, -0.2) is 39.7 Å². The second-order valence-electron chi connectivity index (χ2n) is 7.20. The Kier molecular flexibility index (Phi) is 7.41. The first-order chi connectivity index (χ1) is 17.3. The highest BCUT2D eigenvalue weighted by Gasteiger charge is 2.16. The van der Waals surface area contributed by atoms with Crippen LogP contribution in [0.15, 0.2) is 64.3 Å². The highest BCUT2D eigenvalue weighted by Crippen LogP contribution is 2.40. The number of nitrogens with zero attached hydrogens (tertiary/aromatic N) is 2. The molecule has 10 nitrogen and oxygen atoms in total. The summed E-state index contributed by atoms with van der Waals surface area (Å²) < 4.78 is 58.0. The van der Waals surface area contributed by atoms with Gasteiger partial charge >= 0.3 is 0 Å². The molecule has 188 valence electrons. The third-order valence-electron chi connectivity index (χ3n) is 4.85. The van der Waals surface area contributed by atoms with Gasteiger partial charge in [-0.1, -0.05) is 6.07 Å². The average molecular weight is 532 g/mol. The summed E-state index contributed by atoms with van der Waals surface area (Å²) in [5, 5.41) is 9.04. The fourth-order valence-electron chi connectivity index (χ4n) is 3.21. The molecule has 36 heavy (non-hydrogen) atoms. The van der Waals surface area contributed by atoms with Crippen LogP contribution < -0.4 is 29.6 Å². The molecule has 0 spiro atoms. The van der Waals surface area contributed by atoms with Crippen molar-refractivity contribution in [3.63, 3.8) is 0 Å². The van der Waals surface area contributed by atoms with Gasteiger partial charge in [-0.15, -0.1) is 0 Å². The van der Waals surface area contributed by atoms with Gasteiger partial charge in [-0.25, -0.2) is 17.8 Å². The summed E-state index contributed by atoms with van der Waals surface area (Å²) in [6.07, 6.45) is 1.01. The Labute approximate surface area is 211 Å². The van der Waals surface area contributed by atoms with Crippen molar-refractivity contribution in [2.24, 2.45) is 0 Å². The molecule has 0 aliphatic heterocycles. The van der Waals surface area contributed by atoms with Crippen LogP contribution in [0.25, 0.3) is 0 Å². The SMILES string of the molecule is COc1cc(Nc2ncc(F)c(Nc3cccc(NS(=O)(=O)c4ccsc4)c3)n2)cc(OC)c1OC. The van der Waals surface area contributed by atoms with Crippen molar-refractivity contribution in [3.8, 4) is 17.2 Å². The average Bonchev–Trinajstić information content (AvgIpc) is 3.42. The topological polar surface area (TPSA) is 124 Å². The molecule has 13 heteroatoms. The van der Waals surface area contributed by atoms with E-state index in [1.54, 1.807) is 35.7 Å². The zero-order valence-corrected chi connectivity index (χ0v) is 21.0. The maximum absolute atomic E-state index is 14.5. The minimum atomic E-state index is -3.73. The maximum Gasteiger partial charge on any atom is 0.262 e. The summed E-state index contributed by atoms with van der Waals surface area (Å²) >= 11 is 1.28. The number of sulfonamides is 1. The van der Waals surface area contributed by atoms with Gasteiger partial charge in [0, 0.05) is 28.9 Å². The predicted octanol–water partition coefficient (Wildman–Crippen LogP) is 4.99. The smallest absolute Gasteiger partial charge is 0.262 e. The Morgan fingerprint density at radius 2 is 1.64 bits per heavy atom.